The van der Waals surface area contributed by atoms with Crippen molar-refractivity contribution in [3.63, 3.8) is 0 Å². The lowest BCUT2D eigenvalue weighted by molar-refractivity contribution is 0.419. The van der Waals surface area contributed by atoms with Crippen molar-refractivity contribution in [3.8, 4) is 17.1 Å². The Morgan fingerprint density at radius 2 is 1.76 bits per heavy atom. The predicted molar refractivity (Wildman–Crippen MR) is 94.3 cm³/mol. The maximum Gasteiger partial charge on any atom is 0.238 e. The van der Waals surface area contributed by atoms with Crippen LogP contribution in [-0.4, -0.2) is 25.3 Å². The number of hydrogen-bond acceptors (Lipinski definition) is 7. The predicted octanol–water partition coefficient (Wildman–Crippen LogP) is 3.84. The van der Waals surface area contributed by atoms with Gasteiger partial charge in [0.05, 0.1) is 5.56 Å². The lowest BCUT2D eigenvalue weighted by Crippen LogP contribution is -2.09. The van der Waals surface area contributed by atoms with Crippen LogP contribution in [0.4, 0.5) is 5.82 Å². The van der Waals surface area contributed by atoms with Crippen molar-refractivity contribution < 1.29 is 9.52 Å². The Labute approximate surface area is 146 Å². The zero-order valence-corrected chi connectivity index (χ0v) is 14.7. The monoisotopic (exact) mass is 339 g/mol. The number of aromatic hydroxyl groups is 1. The highest BCUT2D eigenvalue weighted by Gasteiger charge is 2.17. The average Bonchev–Trinajstić information content (AvgIpc) is 3.05. The fourth-order valence-corrected chi connectivity index (χ4v) is 2.36. The summed E-state index contributed by atoms with van der Waals surface area (Å²) in [5, 5.41) is 21.4. The highest BCUT2D eigenvalue weighted by atomic mass is 16.4. The molecule has 2 heterocycles. The molecule has 0 aliphatic rings. The van der Waals surface area contributed by atoms with Crippen LogP contribution in [0.15, 0.2) is 34.7 Å². The smallest absolute Gasteiger partial charge is 0.238 e. The molecular weight excluding hydrogens is 318 g/mol. The van der Waals surface area contributed by atoms with E-state index in [0.29, 0.717) is 29.0 Å². The van der Waals surface area contributed by atoms with Gasteiger partial charge >= 0.3 is 0 Å². The molecular formula is C18H21N5O2. The van der Waals surface area contributed by atoms with Crippen molar-refractivity contribution in [3.05, 3.63) is 47.8 Å². The van der Waals surface area contributed by atoms with Crippen LogP contribution >= 0.6 is 0 Å². The average molecular weight is 339 g/mol. The first-order valence-corrected chi connectivity index (χ1v) is 8.18. The molecule has 7 nitrogen and oxygen atoms in total. The Hall–Kier alpha value is -2.96. The topological polar surface area (TPSA) is 97.0 Å². The Morgan fingerprint density at radius 3 is 2.44 bits per heavy atom. The molecule has 0 fully saturated rings. The molecule has 130 valence electrons. The molecule has 3 rings (SSSR count). The number of rotatable bonds is 5. The second-order valence-electron chi connectivity index (χ2n) is 6.23. The third kappa shape index (κ3) is 3.76. The van der Waals surface area contributed by atoms with Crippen LogP contribution in [0.3, 0.4) is 0 Å². The molecule has 0 radical (unpaired) electrons. The Balaban J connectivity index is 1.86. The standard InChI is InChI=1S/C18H21N5O2/c1-10(2)17-22-23-18(25-17)12(4)20-15-9-11(3)19-16(21-15)13-7-5-6-8-14(13)24/h5-10,12,24H,1-4H3,(H,19,20,21). The first-order chi connectivity index (χ1) is 11.9. The minimum Gasteiger partial charge on any atom is -0.507 e. The number of nitrogens with zero attached hydrogens (tertiary/aromatic N) is 4. The van der Waals surface area contributed by atoms with Gasteiger partial charge in [0.25, 0.3) is 0 Å². The van der Waals surface area contributed by atoms with Crippen LogP contribution in [-0.2, 0) is 0 Å². The van der Waals surface area contributed by atoms with E-state index in [1.165, 1.54) is 0 Å². The normalized spacial score (nSPS) is 12.4. The molecule has 3 aromatic rings. The summed E-state index contributed by atoms with van der Waals surface area (Å²) in [4.78, 5) is 8.91. The Kier molecular flexibility index (Phi) is 4.65. The third-order valence-corrected chi connectivity index (χ3v) is 3.68. The Bertz CT molecular complexity index is 875. The van der Waals surface area contributed by atoms with E-state index in [0.717, 1.165) is 5.69 Å². The number of aryl methyl sites for hydroxylation is 1. The van der Waals surface area contributed by atoms with E-state index in [1.54, 1.807) is 18.2 Å². The van der Waals surface area contributed by atoms with Gasteiger partial charge < -0.3 is 14.8 Å². The van der Waals surface area contributed by atoms with Gasteiger partial charge in [0, 0.05) is 17.7 Å². The van der Waals surface area contributed by atoms with Gasteiger partial charge in [-0.15, -0.1) is 10.2 Å². The van der Waals surface area contributed by atoms with Crippen molar-refractivity contribution in [1.29, 1.82) is 0 Å². The summed E-state index contributed by atoms with van der Waals surface area (Å²) in [7, 11) is 0. The lowest BCUT2D eigenvalue weighted by Gasteiger charge is -2.13. The van der Waals surface area contributed by atoms with Gasteiger partial charge in [-0.05, 0) is 26.0 Å². The molecule has 0 amide bonds. The van der Waals surface area contributed by atoms with E-state index in [4.69, 9.17) is 4.42 Å². The first-order valence-electron chi connectivity index (χ1n) is 8.18. The summed E-state index contributed by atoms with van der Waals surface area (Å²) in [6, 6.07) is 8.62. The van der Waals surface area contributed by atoms with E-state index in [9.17, 15) is 5.11 Å². The number of hydrogen-bond donors (Lipinski definition) is 2. The summed E-state index contributed by atoms with van der Waals surface area (Å²) < 4.78 is 5.68. The molecule has 0 spiro atoms. The van der Waals surface area contributed by atoms with Crippen molar-refractivity contribution in [2.75, 3.05) is 5.32 Å². The van der Waals surface area contributed by atoms with E-state index < -0.39 is 0 Å². The minimum atomic E-state index is -0.202. The van der Waals surface area contributed by atoms with Gasteiger partial charge in [-0.1, -0.05) is 26.0 Å². The Morgan fingerprint density at radius 1 is 1.04 bits per heavy atom. The van der Waals surface area contributed by atoms with Crippen LogP contribution in [0.1, 0.15) is 50.2 Å². The fraction of sp³-hybridized carbons (Fsp3) is 0.333. The van der Waals surface area contributed by atoms with Crippen molar-refractivity contribution in [2.24, 2.45) is 0 Å². The van der Waals surface area contributed by atoms with E-state index in [2.05, 4.69) is 25.5 Å². The second kappa shape index (κ2) is 6.88. The molecule has 2 aromatic heterocycles. The zero-order valence-electron chi connectivity index (χ0n) is 14.7. The first kappa shape index (κ1) is 16.9. The summed E-state index contributed by atoms with van der Waals surface area (Å²) in [6.07, 6.45) is 0. The number of phenols is 1. The highest BCUT2D eigenvalue weighted by Crippen LogP contribution is 2.28. The van der Waals surface area contributed by atoms with Crippen molar-refractivity contribution in [2.45, 2.75) is 39.7 Å². The maximum absolute atomic E-state index is 10.0. The van der Waals surface area contributed by atoms with Crippen LogP contribution in [0.5, 0.6) is 5.75 Å². The number of nitrogens with one attached hydrogen (secondary N) is 1. The largest absolute Gasteiger partial charge is 0.507 e. The zero-order chi connectivity index (χ0) is 18.0. The minimum absolute atomic E-state index is 0.144. The summed E-state index contributed by atoms with van der Waals surface area (Å²) >= 11 is 0. The molecule has 2 N–H and O–H groups in total. The summed E-state index contributed by atoms with van der Waals surface area (Å²) in [5.41, 5.74) is 1.37. The summed E-state index contributed by atoms with van der Waals surface area (Å²) in [5.74, 6) is 2.53. The molecule has 1 unspecified atom stereocenters. The van der Waals surface area contributed by atoms with Gasteiger partial charge in [-0.3, -0.25) is 0 Å². The van der Waals surface area contributed by atoms with Crippen LogP contribution in [0.2, 0.25) is 0 Å². The highest BCUT2D eigenvalue weighted by molar-refractivity contribution is 5.64. The lowest BCUT2D eigenvalue weighted by atomic mass is 10.2. The number of para-hydroxylation sites is 1. The van der Waals surface area contributed by atoms with E-state index in [-0.39, 0.29) is 17.7 Å². The molecule has 0 aliphatic carbocycles. The molecule has 0 aliphatic heterocycles. The summed E-state index contributed by atoms with van der Waals surface area (Å²) in [6.45, 7) is 7.81. The SMILES string of the molecule is Cc1cc(NC(C)c2nnc(C(C)C)o2)nc(-c2ccccc2O)n1. The van der Waals surface area contributed by atoms with Gasteiger partial charge in [-0.25, -0.2) is 9.97 Å². The van der Waals surface area contributed by atoms with Gasteiger partial charge in [0.2, 0.25) is 11.8 Å². The quantitative estimate of drug-likeness (QED) is 0.729. The maximum atomic E-state index is 10.0. The molecule has 7 heteroatoms. The van der Waals surface area contributed by atoms with Gasteiger partial charge in [0.15, 0.2) is 5.82 Å². The molecule has 25 heavy (non-hydrogen) atoms. The number of phenolic OH excluding ortho intramolecular Hbond substituents is 1. The third-order valence-electron chi connectivity index (χ3n) is 3.68. The van der Waals surface area contributed by atoms with E-state index >= 15 is 0 Å². The second-order valence-corrected chi connectivity index (χ2v) is 6.23. The molecule has 1 atom stereocenters. The van der Waals surface area contributed by atoms with Crippen molar-refractivity contribution >= 4 is 5.82 Å². The van der Waals surface area contributed by atoms with E-state index in [1.807, 2.05) is 39.8 Å². The van der Waals surface area contributed by atoms with Crippen LogP contribution in [0, 0.1) is 6.92 Å². The number of anilines is 1. The molecule has 0 saturated heterocycles. The number of aromatic nitrogens is 4. The number of benzene rings is 1. The van der Waals surface area contributed by atoms with Gasteiger partial charge in [-0.2, -0.15) is 0 Å². The van der Waals surface area contributed by atoms with Crippen molar-refractivity contribution in [1.82, 2.24) is 20.2 Å². The molecule has 0 bridgehead atoms. The molecule has 0 saturated carbocycles. The van der Waals surface area contributed by atoms with Crippen LogP contribution in [0.25, 0.3) is 11.4 Å². The molecule has 1 aromatic carbocycles. The fourth-order valence-electron chi connectivity index (χ4n) is 2.36. The van der Waals surface area contributed by atoms with Gasteiger partial charge in [0.1, 0.15) is 17.6 Å². The van der Waals surface area contributed by atoms with Crippen LogP contribution < -0.4 is 5.32 Å².